The summed E-state index contributed by atoms with van der Waals surface area (Å²) in [5.41, 5.74) is 2.18. The maximum atomic E-state index is 4.52. The second-order valence-electron chi connectivity index (χ2n) is 4.53. The van der Waals surface area contributed by atoms with Crippen LogP contribution in [0.5, 0.6) is 0 Å². The molecule has 1 aromatic heterocycles. The highest BCUT2D eigenvalue weighted by molar-refractivity contribution is 5.78. The van der Waals surface area contributed by atoms with E-state index in [0.29, 0.717) is 5.95 Å². The van der Waals surface area contributed by atoms with Crippen molar-refractivity contribution >= 4 is 16.9 Å². The molecule has 0 fully saturated rings. The molecule has 0 aliphatic carbocycles. The minimum atomic E-state index is 0.183. The maximum Gasteiger partial charge on any atom is 0.223 e. The molecule has 0 saturated heterocycles. The molecule has 0 aliphatic heterocycles. The van der Waals surface area contributed by atoms with Gasteiger partial charge in [-0.25, -0.2) is 9.97 Å². The third-order valence-corrected chi connectivity index (χ3v) is 3.13. The van der Waals surface area contributed by atoms with E-state index in [1.54, 1.807) is 0 Å². The van der Waals surface area contributed by atoms with E-state index in [2.05, 4.69) is 34.3 Å². The Hall–Kier alpha value is -2.42. The molecular formula is C16H15N3. The lowest BCUT2D eigenvalue weighted by molar-refractivity contribution is 0.864. The highest BCUT2D eigenvalue weighted by Crippen LogP contribution is 2.18. The Kier molecular flexibility index (Phi) is 3.11. The van der Waals surface area contributed by atoms with E-state index in [1.807, 2.05) is 48.7 Å². The van der Waals surface area contributed by atoms with Crippen LogP contribution < -0.4 is 5.32 Å². The number of nitrogens with one attached hydrogen (secondary N) is 1. The molecular weight excluding hydrogens is 234 g/mol. The van der Waals surface area contributed by atoms with Crippen molar-refractivity contribution in [3.8, 4) is 0 Å². The normalized spacial score (nSPS) is 12.3. The van der Waals surface area contributed by atoms with Crippen molar-refractivity contribution in [1.82, 2.24) is 9.97 Å². The summed E-state index contributed by atoms with van der Waals surface area (Å²) in [6, 6.07) is 18.5. The van der Waals surface area contributed by atoms with Gasteiger partial charge in [0.15, 0.2) is 0 Å². The first-order valence-corrected chi connectivity index (χ1v) is 6.36. The zero-order valence-corrected chi connectivity index (χ0v) is 10.7. The molecule has 19 heavy (non-hydrogen) atoms. The van der Waals surface area contributed by atoms with Crippen LogP contribution in [0.2, 0.25) is 0 Å². The standard InChI is InChI=1S/C16H15N3/c1-12(13-7-3-2-4-8-13)18-16-17-11-14-9-5-6-10-15(14)19-16/h2-12H,1H3,(H,17,18,19). The van der Waals surface area contributed by atoms with E-state index in [4.69, 9.17) is 0 Å². The summed E-state index contributed by atoms with van der Waals surface area (Å²) in [7, 11) is 0. The Labute approximate surface area is 112 Å². The molecule has 1 heterocycles. The average Bonchev–Trinajstić information content (AvgIpc) is 2.48. The third-order valence-electron chi connectivity index (χ3n) is 3.13. The van der Waals surface area contributed by atoms with Crippen LogP contribution in [0.3, 0.4) is 0 Å². The Morgan fingerprint density at radius 2 is 1.68 bits per heavy atom. The molecule has 3 rings (SSSR count). The predicted molar refractivity (Wildman–Crippen MR) is 78.0 cm³/mol. The molecule has 2 aromatic carbocycles. The van der Waals surface area contributed by atoms with Crippen molar-refractivity contribution in [3.63, 3.8) is 0 Å². The smallest absolute Gasteiger partial charge is 0.223 e. The summed E-state index contributed by atoms with van der Waals surface area (Å²) in [6.07, 6.45) is 1.85. The Morgan fingerprint density at radius 1 is 0.947 bits per heavy atom. The van der Waals surface area contributed by atoms with Gasteiger partial charge in [-0.05, 0) is 18.6 Å². The maximum absolute atomic E-state index is 4.52. The highest BCUT2D eigenvalue weighted by Gasteiger charge is 2.06. The number of para-hydroxylation sites is 1. The fourth-order valence-electron chi connectivity index (χ4n) is 2.06. The minimum Gasteiger partial charge on any atom is -0.348 e. The minimum absolute atomic E-state index is 0.183. The van der Waals surface area contributed by atoms with Crippen LogP contribution in [0, 0.1) is 0 Å². The lowest BCUT2D eigenvalue weighted by Crippen LogP contribution is -2.09. The molecule has 94 valence electrons. The number of rotatable bonds is 3. The van der Waals surface area contributed by atoms with Crippen molar-refractivity contribution in [2.24, 2.45) is 0 Å². The predicted octanol–water partition coefficient (Wildman–Crippen LogP) is 3.80. The van der Waals surface area contributed by atoms with Gasteiger partial charge in [0.1, 0.15) is 0 Å². The Balaban J connectivity index is 1.85. The van der Waals surface area contributed by atoms with Gasteiger partial charge in [0.2, 0.25) is 5.95 Å². The van der Waals surface area contributed by atoms with E-state index in [9.17, 15) is 0 Å². The van der Waals surface area contributed by atoms with Gasteiger partial charge in [0, 0.05) is 11.6 Å². The van der Waals surface area contributed by atoms with Crippen LogP contribution in [0.1, 0.15) is 18.5 Å². The summed E-state index contributed by atoms with van der Waals surface area (Å²) in [6.45, 7) is 2.11. The molecule has 0 spiro atoms. The lowest BCUT2D eigenvalue weighted by Gasteiger charge is -2.14. The fraction of sp³-hybridized carbons (Fsp3) is 0.125. The number of anilines is 1. The van der Waals surface area contributed by atoms with Gasteiger partial charge in [-0.2, -0.15) is 0 Å². The molecule has 0 radical (unpaired) electrons. The number of aromatic nitrogens is 2. The lowest BCUT2D eigenvalue weighted by atomic mass is 10.1. The Bertz CT molecular complexity index is 680. The summed E-state index contributed by atoms with van der Waals surface area (Å²) < 4.78 is 0. The van der Waals surface area contributed by atoms with Crippen LogP contribution in [0.15, 0.2) is 60.8 Å². The van der Waals surface area contributed by atoms with Crippen molar-refractivity contribution < 1.29 is 0 Å². The van der Waals surface area contributed by atoms with Gasteiger partial charge in [-0.15, -0.1) is 0 Å². The SMILES string of the molecule is CC(Nc1ncc2ccccc2n1)c1ccccc1. The van der Waals surface area contributed by atoms with E-state index in [1.165, 1.54) is 5.56 Å². The monoisotopic (exact) mass is 249 g/mol. The van der Waals surface area contributed by atoms with Crippen molar-refractivity contribution in [1.29, 1.82) is 0 Å². The molecule has 1 atom stereocenters. The second kappa shape index (κ2) is 5.06. The molecule has 1 N–H and O–H groups in total. The van der Waals surface area contributed by atoms with Crippen LogP contribution in [-0.2, 0) is 0 Å². The van der Waals surface area contributed by atoms with Crippen molar-refractivity contribution in [2.45, 2.75) is 13.0 Å². The first-order valence-electron chi connectivity index (χ1n) is 6.36. The van der Waals surface area contributed by atoms with Crippen LogP contribution in [-0.4, -0.2) is 9.97 Å². The molecule has 0 bridgehead atoms. The quantitative estimate of drug-likeness (QED) is 0.767. The van der Waals surface area contributed by atoms with Gasteiger partial charge in [0.25, 0.3) is 0 Å². The highest BCUT2D eigenvalue weighted by atomic mass is 15.1. The first-order chi connectivity index (χ1) is 9.33. The fourth-order valence-corrected chi connectivity index (χ4v) is 2.06. The van der Waals surface area contributed by atoms with Crippen LogP contribution in [0.25, 0.3) is 10.9 Å². The van der Waals surface area contributed by atoms with E-state index < -0.39 is 0 Å². The van der Waals surface area contributed by atoms with Gasteiger partial charge in [-0.3, -0.25) is 0 Å². The van der Waals surface area contributed by atoms with E-state index in [0.717, 1.165) is 10.9 Å². The molecule has 3 heteroatoms. The molecule has 0 saturated carbocycles. The number of benzene rings is 2. The molecule has 3 aromatic rings. The number of nitrogens with zero attached hydrogens (tertiary/aromatic N) is 2. The third kappa shape index (κ3) is 2.55. The molecule has 3 nitrogen and oxygen atoms in total. The number of fused-ring (bicyclic) bond motifs is 1. The van der Waals surface area contributed by atoms with Crippen molar-refractivity contribution in [3.05, 3.63) is 66.4 Å². The Morgan fingerprint density at radius 3 is 2.53 bits per heavy atom. The average molecular weight is 249 g/mol. The summed E-state index contributed by atoms with van der Waals surface area (Å²) in [5.74, 6) is 0.662. The zero-order valence-electron chi connectivity index (χ0n) is 10.7. The van der Waals surface area contributed by atoms with Gasteiger partial charge in [-0.1, -0.05) is 48.5 Å². The van der Waals surface area contributed by atoms with Crippen molar-refractivity contribution in [2.75, 3.05) is 5.32 Å². The number of hydrogen-bond acceptors (Lipinski definition) is 3. The molecule has 1 unspecified atom stereocenters. The summed E-state index contributed by atoms with van der Waals surface area (Å²) in [5, 5.41) is 4.38. The van der Waals surface area contributed by atoms with Crippen LogP contribution >= 0.6 is 0 Å². The number of hydrogen-bond donors (Lipinski definition) is 1. The van der Waals surface area contributed by atoms with Gasteiger partial charge < -0.3 is 5.32 Å². The topological polar surface area (TPSA) is 37.8 Å². The second-order valence-corrected chi connectivity index (χ2v) is 4.53. The largest absolute Gasteiger partial charge is 0.348 e. The molecule has 0 amide bonds. The summed E-state index contributed by atoms with van der Waals surface area (Å²) >= 11 is 0. The van der Waals surface area contributed by atoms with E-state index >= 15 is 0 Å². The summed E-state index contributed by atoms with van der Waals surface area (Å²) in [4.78, 5) is 8.87. The first kappa shape index (κ1) is 11.7. The molecule has 0 aliphatic rings. The van der Waals surface area contributed by atoms with Crippen LogP contribution in [0.4, 0.5) is 5.95 Å². The van der Waals surface area contributed by atoms with Gasteiger partial charge in [0.05, 0.1) is 11.6 Å². The van der Waals surface area contributed by atoms with Gasteiger partial charge >= 0.3 is 0 Å². The zero-order chi connectivity index (χ0) is 13.1. The van der Waals surface area contributed by atoms with E-state index in [-0.39, 0.29) is 6.04 Å².